The van der Waals surface area contributed by atoms with Crippen LogP contribution in [0.15, 0.2) is 22.8 Å². The van der Waals surface area contributed by atoms with E-state index in [1.54, 1.807) is 16.9 Å². The van der Waals surface area contributed by atoms with E-state index in [0.717, 1.165) is 21.3 Å². The molecule has 0 bridgehead atoms. The summed E-state index contributed by atoms with van der Waals surface area (Å²) in [5.41, 5.74) is 3.21. The van der Waals surface area contributed by atoms with Crippen molar-refractivity contribution in [1.82, 2.24) is 9.78 Å². The van der Waals surface area contributed by atoms with Crippen LogP contribution in [0.2, 0.25) is 5.02 Å². The highest BCUT2D eigenvalue weighted by Crippen LogP contribution is 2.37. The minimum absolute atomic E-state index is 0.532. The second-order valence-electron chi connectivity index (χ2n) is 3.70. The van der Waals surface area contributed by atoms with Crippen molar-refractivity contribution in [3.05, 3.63) is 44.8 Å². The SMILES string of the molecule is [C-]#[N+]c1cc(Cl)c(C)cc1-c1c(Br)cnn1C. The molecule has 86 valence electrons. The van der Waals surface area contributed by atoms with Gasteiger partial charge in [-0.2, -0.15) is 5.10 Å². The lowest BCUT2D eigenvalue weighted by Gasteiger charge is -2.08. The maximum Gasteiger partial charge on any atom is 0.197 e. The van der Waals surface area contributed by atoms with Gasteiger partial charge < -0.3 is 0 Å². The van der Waals surface area contributed by atoms with Crippen LogP contribution in [0, 0.1) is 13.5 Å². The molecule has 0 atom stereocenters. The van der Waals surface area contributed by atoms with E-state index in [-0.39, 0.29) is 0 Å². The molecule has 1 aromatic carbocycles. The zero-order valence-corrected chi connectivity index (χ0v) is 11.7. The van der Waals surface area contributed by atoms with Gasteiger partial charge in [0, 0.05) is 17.6 Å². The van der Waals surface area contributed by atoms with Crippen LogP contribution < -0.4 is 0 Å². The molecular formula is C12H9BrClN3. The zero-order valence-electron chi connectivity index (χ0n) is 9.33. The van der Waals surface area contributed by atoms with Crippen LogP contribution in [0.5, 0.6) is 0 Å². The van der Waals surface area contributed by atoms with Crippen molar-refractivity contribution in [2.75, 3.05) is 0 Å². The second-order valence-corrected chi connectivity index (χ2v) is 4.96. The van der Waals surface area contributed by atoms with Crippen molar-refractivity contribution in [2.24, 2.45) is 7.05 Å². The molecule has 2 rings (SSSR count). The van der Waals surface area contributed by atoms with E-state index >= 15 is 0 Å². The Bertz CT molecular complexity index is 606. The Morgan fingerprint density at radius 2 is 2.18 bits per heavy atom. The maximum absolute atomic E-state index is 7.22. The van der Waals surface area contributed by atoms with Gasteiger partial charge in [-0.1, -0.05) is 17.7 Å². The summed E-state index contributed by atoms with van der Waals surface area (Å²) in [5.74, 6) is 0. The maximum atomic E-state index is 7.22. The molecule has 0 aliphatic rings. The van der Waals surface area contributed by atoms with Gasteiger partial charge >= 0.3 is 0 Å². The zero-order chi connectivity index (χ0) is 12.6. The molecule has 0 saturated heterocycles. The molecule has 0 saturated carbocycles. The Morgan fingerprint density at radius 1 is 1.47 bits per heavy atom. The van der Waals surface area contributed by atoms with Crippen LogP contribution >= 0.6 is 27.5 Å². The predicted molar refractivity (Wildman–Crippen MR) is 72.4 cm³/mol. The highest BCUT2D eigenvalue weighted by Gasteiger charge is 2.14. The molecule has 0 spiro atoms. The molecule has 5 heteroatoms. The Morgan fingerprint density at radius 3 is 2.71 bits per heavy atom. The Kier molecular flexibility index (Phi) is 3.23. The van der Waals surface area contributed by atoms with Crippen LogP contribution in [0.25, 0.3) is 16.1 Å². The van der Waals surface area contributed by atoms with Gasteiger partial charge in [0.1, 0.15) is 0 Å². The lowest BCUT2D eigenvalue weighted by molar-refractivity contribution is 0.776. The molecular weight excluding hydrogens is 302 g/mol. The summed E-state index contributed by atoms with van der Waals surface area (Å²) in [6.45, 7) is 9.14. The van der Waals surface area contributed by atoms with Gasteiger partial charge in [-0.3, -0.25) is 4.68 Å². The molecule has 17 heavy (non-hydrogen) atoms. The molecule has 0 N–H and O–H groups in total. The largest absolute Gasteiger partial charge is 0.268 e. The molecule has 0 unspecified atom stereocenters. The monoisotopic (exact) mass is 309 g/mol. The van der Waals surface area contributed by atoms with Gasteiger partial charge in [0.2, 0.25) is 0 Å². The first-order chi connectivity index (χ1) is 8.04. The van der Waals surface area contributed by atoms with Crippen LogP contribution in [0.1, 0.15) is 5.56 Å². The van der Waals surface area contributed by atoms with E-state index in [1.807, 2.05) is 20.0 Å². The van der Waals surface area contributed by atoms with E-state index < -0.39 is 0 Å². The van der Waals surface area contributed by atoms with E-state index in [2.05, 4.69) is 25.9 Å². The van der Waals surface area contributed by atoms with Crippen molar-refractivity contribution in [2.45, 2.75) is 6.92 Å². The number of aromatic nitrogens is 2. The van der Waals surface area contributed by atoms with Gasteiger partial charge in [0.15, 0.2) is 5.69 Å². The minimum Gasteiger partial charge on any atom is -0.268 e. The smallest absolute Gasteiger partial charge is 0.197 e. The highest BCUT2D eigenvalue weighted by molar-refractivity contribution is 9.10. The summed E-state index contributed by atoms with van der Waals surface area (Å²) in [4.78, 5) is 3.51. The Balaban J connectivity index is 2.76. The van der Waals surface area contributed by atoms with Crippen LogP contribution in [0.3, 0.4) is 0 Å². The molecule has 1 aromatic heterocycles. The summed E-state index contributed by atoms with van der Waals surface area (Å²) in [7, 11) is 1.84. The average molecular weight is 311 g/mol. The molecule has 0 aliphatic heterocycles. The third kappa shape index (κ3) is 2.08. The standard InChI is InChI=1S/C12H9BrClN3/c1-7-4-8(11(15-2)5-10(7)14)12-9(13)6-16-17(12)3/h4-6H,1,3H3. The van der Waals surface area contributed by atoms with Gasteiger partial charge in [0.05, 0.1) is 22.9 Å². The van der Waals surface area contributed by atoms with Gasteiger partial charge in [-0.25, -0.2) is 4.85 Å². The van der Waals surface area contributed by atoms with E-state index in [0.29, 0.717) is 10.7 Å². The number of hydrogen-bond acceptors (Lipinski definition) is 1. The van der Waals surface area contributed by atoms with E-state index in [9.17, 15) is 0 Å². The minimum atomic E-state index is 0.532. The quantitative estimate of drug-likeness (QED) is 0.717. The fraction of sp³-hybridized carbons (Fsp3) is 0.167. The van der Waals surface area contributed by atoms with Crippen molar-refractivity contribution in [3.8, 4) is 11.3 Å². The summed E-state index contributed by atoms with van der Waals surface area (Å²) in [6.07, 6.45) is 1.72. The van der Waals surface area contributed by atoms with Crippen LogP contribution in [-0.4, -0.2) is 9.78 Å². The number of nitrogens with zero attached hydrogens (tertiary/aromatic N) is 3. The number of halogens is 2. The third-order valence-corrected chi connectivity index (χ3v) is 3.53. The first-order valence-corrected chi connectivity index (χ1v) is 6.07. The predicted octanol–water partition coefficient (Wildman–Crippen LogP) is 4.36. The summed E-state index contributed by atoms with van der Waals surface area (Å²) >= 11 is 9.47. The van der Waals surface area contributed by atoms with Crippen LogP contribution in [-0.2, 0) is 7.05 Å². The Hall–Kier alpha value is -1.31. The van der Waals surface area contributed by atoms with E-state index in [1.165, 1.54) is 0 Å². The molecule has 0 fully saturated rings. The fourth-order valence-corrected chi connectivity index (χ4v) is 2.39. The lowest BCUT2D eigenvalue weighted by atomic mass is 10.1. The number of aryl methyl sites for hydroxylation is 2. The molecule has 0 aliphatic carbocycles. The topological polar surface area (TPSA) is 22.2 Å². The number of hydrogen-bond donors (Lipinski definition) is 0. The van der Waals surface area contributed by atoms with Gasteiger partial charge in [-0.05, 0) is 34.5 Å². The summed E-state index contributed by atoms with van der Waals surface area (Å²) in [6, 6.07) is 3.61. The molecule has 2 aromatic rings. The molecule has 3 nitrogen and oxygen atoms in total. The average Bonchev–Trinajstić information content (AvgIpc) is 2.62. The van der Waals surface area contributed by atoms with Crippen molar-refractivity contribution in [1.29, 1.82) is 0 Å². The lowest BCUT2D eigenvalue weighted by Crippen LogP contribution is -1.94. The molecule has 1 heterocycles. The van der Waals surface area contributed by atoms with Gasteiger partial charge in [-0.15, -0.1) is 0 Å². The highest BCUT2D eigenvalue weighted by atomic mass is 79.9. The van der Waals surface area contributed by atoms with Crippen molar-refractivity contribution in [3.63, 3.8) is 0 Å². The van der Waals surface area contributed by atoms with Crippen LogP contribution in [0.4, 0.5) is 5.69 Å². The Labute approximate surface area is 113 Å². The third-order valence-electron chi connectivity index (χ3n) is 2.55. The summed E-state index contributed by atoms with van der Waals surface area (Å²) < 4.78 is 2.60. The second kappa shape index (κ2) is 4.52. The number of benzene rings is 1. The van der Waals surface area contributed by atoms with E-state index in [4.69, 9.17) is 18.2 Å². The molecule has 0 radical (unpaired) electrons. The summed E-state index contributed by atoms with van der Waals surface area (Å²) in [5, 5.41) is 4.76. The fourth-order valence-electron chi connectivity index (χ4n) is 1.67. The first kappa shape index (κ1) is 12.2. The van der Waals surface area contributed by atoms with Crippen molar-refractivity contribution >= 4 is 33.2 Å². The van der Waals surface area contributed by atoms with Crippen molar-refractivity contribution < 1.29 is 0 Å². The van der Waals surface area contributed by atoms with Gasteiger partial charge in [0.25, 0.3) is 0 Å². The normalized spacial score (nSPS) is 10.3. The molecule has 0 amide bonds. The number of rotatable bonds is 1. The first-order valence-electron chi connectivity index (χ1n) is 4.90.